The number of amides is 1. The minimum atomic E-state index is 0.0610. The highest BCUT2D eigenvalue weighted by Crippen LogP contribution is 2.30. The number of likely N-dealkylation sites (tertiary alicyclic amines) is 2. The van der Waals surface area contributed by atoms with Gasteiger partial charge in [0.2, 0.25) is 0 Å². The third kappa shape index (κ3) is 3.24. The van der Waals surface area contributed by atoms with Gasteiger partial charge in [0.05, 0.1) is 0 Å². The summed E-state index contributed by atoms with van der Waals surface area (Å²) in [5, 5.41) is 8.60. The van der Waals surface area contributed by atoms with E-state index in [1.165, 1.54) is 32.2 Å². The summed E-state index contributed by atoms with van der Waals surface area (Å²) in [6.45, 7) is 7.42. The van der Waals surface area contributed by atoms with Crippen LogP contribution in [0.1, 0.15) is 55.9 Å². The molecule has 0 aliphatic carbocycles. The van der Waals surface area contributed by atoms with Crippen LogP contribution in [0.25, 0.3) is 0 Å². The van der Waals surface area contributed by atoms with E-state index in [9.17, 15) is 4.79 Å². The molecule has 25 heavy (non-hydrogen) atoms. The molecule has 0 aromatic carbocycles. The fraction of sp³-hybridized carbons (Fsp3) is 0.737. The summed E-state index contributed by atoms with van der Waals surface area (Å²) in [5.41, 5.74) is 0.496. The average Bonchev–Trinajstić information content (AvgIpc) is 3.41. The second-order valence-electron chi connectivity index (χ2n) is 7.52. The van der Waals surface area contributed by atoms with Gasteiger partial charge >= 0.3 is 0 Å². The zero-order valence-electron chi connectivity index (χ0n) is 15.2. The van der Waals surface area contributed by atoms with Crippen LogP contribution >= 0.6 is 0 Å². The Hall–Kier alpha value is -1.69. The molecule has 0 spiro atoms. The molecule has 2 atom stereocenters. The minimum Gasteiger partial charge on any atom is -0.355 e. The number of hydrogen-bond acceptors (Lipinski definition) is 5. The van der Waals surface area contributed by atoms with E-state index >= 15 is 0 Å². The zero-order valence-corrected chi connectivity index (χ0v) is 15.2. The van der Waals surface area contributed by atoms with E-state index in [1.54, 1.807) is 0 Å². The Morgan fingerprint density at radius 2 is 1.76 bits per heavy atom. The van der Waals surface area contributed by atoms with Crippen LogP contribution in [0, 0.1) is 0 Å². The number of anilines is 1. The molecule has 0 bridgehead atoms. The topological polar surface area (TPSA) is 52.6 Å². The molecular weight excluding hydrogens is 314 g/mol. The Kier molecular flexibility index (Phi) is 4.88. The summed E-state index contributed by atoms with van der Waals surface area (Å²) >= 11 is 0. The van der Waals surface area contributed by atoms with Gasteiger partial charge in [-0.15, -0.1) is 10.2 Å². The van der Waals surface area contributed by atoms with Crippen LogP contribution in [0.2, 0.25) is 0 Å². The van der Waals surface area contributed by atoms with Crippen molar-refractivity contribution in [3.05, 3.63) is 17.8 Å². The molecule has 3 aliphatic heterocycles. The first-order valence-electron chi connectivity index (χ1n) is 9.91. The predicted molar refractivity (Wildman–Crippen MR) is 97.8 cm³/mol. The largest absolute Gasteiger partial charge is 0.355 e. The lowest BCUT2D eigenvalue weighted by Gasteiger charge is -2.34. The molecule has 0 N–H and O–H groups in total. The fourth-order valence-electron chi connectivity index (χ4n) is 4.83. The van der Waals surface area contributed by atoms with Crippen LogP contribution in [0.15, 0.2) is 12.1 Å². The summed E-state index contributed by atoms with van der Waals surface area (Å²) in [7, 11) is 0. The van der Waals surface area contributed by atoms with Crippen molar-refractivity contribution in [2.24, 2.45) is 0 Å². The van der Waals surface area contributed by atoms with Gasteiger partial charge in [-0.3, -0.25) is 9.69 Å². The Morgan fingerprint density at radius 1 is 1.00 bits per heavy atom. The summed E-state index contributed by atoms with van der Waals surface area (Å²) < 4.78 is 0. The lowest BCUT2D eigenvalue weighted by Crippen LogP contribution is -2.48. The van der Waals surface area contributed by atoms with E-state index in [2.05, 4.69) is 31.8 Å². The maximum absolute atomic E-state index is 13.0. The minimum absolute atomic E-state index is 0.0610. The van der Waals surface area contributed by atoms with Crippen LogP contribution in [0.4, 0.5) is 5.82 Å². The van der Waals surface area contributed by atoms with Crippen molar-refractivity contribution in [3.8, 4) is 0 Å². The third-order valence-electron chi connectivity index (χ3n) is 6.12. The van der Waals surface area contributed by atoms with Gasteiger partial charge in [-0.1, -0.05) is 6.92 Å². The number of rotatable bonds is 4. The Morgan fingerprint density at radius 3 is 2.48 bits per heavy atom. The maximum Gasteiger partial charge on any atom is 0.274 e. The average molecular weight is 343 g/mol. The molecule has 6 nitrogen and oxygen atoms in total. The van der Waals surface area contributed by atoms with Gasteiger partial charge in [0.1, 0.15) is 0 Å². The van der Waals surface area contributed by atoms with E-state index in [0.717, 1.165) is 44.8 Å². The van der Waals surface area contributed by atoms with Gasteiger partial charge in [0, 0.05) is 31.7 Å². The van der Waals surface area contributed by atoms with Crippen molar-refractivity contribution in [2.75, 3.05) is 37.6 Å². The van der Waals surface area contributed by atoms with Crippen LogP contribution in [0.3, 0.4) is 0 Å². The summed E-state index contributed by atoms with van der Waals surface area (Å²) in [5.74, 6) is 0.964. The highest BCUT2D eigenvalue weighted by Gasteiger charge is 2.39. The highest BCUT2D eigenvalue weighted by molar-refractivity contribution is 5.92. The molecule has 0 saturated carbocycles. The molecule has 4 rings (SSSR count). The van der Waals surface area contributed by atoms with E-state index in [1.807, 2.05) is 12.1 Å². The number of aromatic nitrogens is 2. The standard InChI is InChI=1S/C19H29N5O/c1-2-22-13-5-7-16(22)17-8-6-14-24(17)19(25)15-9-10-18(21-20-15)23-11-3-4-12-23/h9-10,16-17H,2-8,11-14H2,1H3/t16-,17-/m1/s1. The van der Waals surface area contributed by atoms with Crippen molar-refractivity contribution in [1.29, 1.82) is 0 Å². The van der Waals surface area contributed by atoms with Gasteiger partial charge < -0.3 is 9.80 Å². The molecule has 1 aromatic rings. The van der Waals surface area contributed by atoms with Crippen molar-refractivity contribution in [3.63, 3.8) is 0 Å². The van der Waals surface area contributed by atoms with E-state index in [4.69, 9.17) is 0 Å². The van der Waals surface area contributed by atoms with Crippen LogP contribution in [0.5, 0.6) is 0 Å². The predicted octanol–water partition coefficient (Wildman–Crippen LogP) is 2.17. The first-order chi connectivity index (χ1) is 12.3. The number of likely N-dealkylation sites (N-methyl/N-ethyl adjacent to an activating group) is 1. The Balaban J connectivity index is 1.47. The Bertz CT molecular complexity index is 598. The molecule has 6 heteroatoms. The molecule has 1 aromatic heterocycles. The maximum atomic E-state index is 13.0. The summed E-state index contributed by atoms with van der Waals surface area (Å²) in [4.78, 5) is 19.9. The van der Waals surface area contributed by atoms with Crippen molar-refractivity contribution in [2.45, 2.75) is 57.5 Å². The molecule has 0 radical (unpaired) electrons. The summed E-state index contributed by atoms with van der Waals surface area (Å²) in [6, 6.07) is 4.69. The SMILES string of the molecule is CCN1CCC[C@@H]1[C@H]1CCCN1C(=O)c1ccc(N2CCCC2)nn1. The van der Waals surface area contributed by atoms with Crippen LogP contribution in [-0.2, 0) is 0 Å². The van der Waals surface area contributed by atoms with Gasteiger partial charge in [0.15, 0.2) is 11.5 Å². The second-order valence-corrected chi connectivity index (χ2v) is 7.52. The molecule has 3 fully saturated rings. The molecule has 0 unspecified atom stereocenters. The van der Waals surface area contributed by atoms with Crippen molar-refractivity contribution in [1.82, 2.24) is 20.0 Å². The highest BCUT2D eigenvalue weighted by atomic mass is 16.2. The Labute approximate surface area is 150 Å². The van der Waals surface area contributed by atoms with Gasteiger partial charge in [-0.25, -0.2) is 0 Å². The normalized spacial score (nSPS) is 27.4. The van der Waals surface area contributed by atoms with Gasteiger partial charge in [-0.05, 0) is 63.7 Å². The number of carbonyl (C=O) groups excluding carboxylic acids is 1. The van der Waals surface area contributed by atoms with Crippen molar-refractivity contribution >= 4 is 11.7 Å². The van der Waals surface area contributed by atoms with E-state index in [0.29, 0.717) is 17.8 Å². The molecular formula is C19H29N5O. The molecule has 3 saturated heterocycles. The van der Waals surface area contributed by atoms with Gasteiger partial charge in [0.25, 0.3) is 5.91 Å². The van der Waals surface area contributed by atoms with Crippen molar-refractivity contribution < 1.29 is 4.79 Å². The monoisotopic (exact) mass is 343 g/mol. The molecule has 136 valence electrons. The number of carbonyl (C=O) groups is 1. The molecule has 3 aliphatic rings. The smallest absolute Gasteiger partial charge is 0.274 e. The first kappa shape index (κ1) is 16.8. The quantitative estimate of drug-likeness (QED) is 0.839. The van der Waals surface area contributed by atoms with Gasteiger partial charge in [-0.2, -0.15) is 0 Å². The van der Waals surface area contributed by atoms with Crippen LogP contribution < -0.4 is 4.90 Å². The van der Waals surface area contributed by atoms with E-state index in [-0.39, 0.29) is 5.91 Å². The summed E-state index contributed by atoms with van der Waals surface area (Å²) in [6.07, 6.45) is 7.11. The van der Waals surface area contributed by atoms with E-state index < -0.39 is 0 Å². The molecule has 1 amide bonds. The first-order valence-corrected chi connectivity index (χ1v) is 9.91. The number of hydrogen-bond donors (Lipinski definition) is 0. The second kappa shape index (κ2) is 7.28. The third-order valence-corrected chi connectivity index (χ3v) is 6.12. The lowest BCUT2D eigenvalue weighted by molar-refractivity contribution is 0.0643. The molecule has 4 heterocycles. The van der Waals surface area contributed by atoms with Crippen LogP contribution in [-0.4, -0.2) is 70.7 Å². The number of nitrogens with zero attached hydrogens (tertiary/aromatic N) is 5. The lowest BCUT2D eigenvalue weighted by atomic mass is 10.0. The fourth-order valence-corrected chi connectivity index (χ4v) is 4.83. The zero-order chi connectivity index (χ0) is 17.2.